The molecule has 5 aromatic rings. The van der Waals surface area contributed by atoms with Crippen LogP contribution in [0.4, 0.5) is 11.4 Å². The normalized spacial score (nSPS) is 13.1. The second-order valence-corrected chi connectivity index (χ2v) is 12.3. The number of fused-ring (bicyclic) bond motifs is 3. The van der Waals surface area contributed by atoms with Crippen LogP contribution >= 0.6 is 0 Å². The highest BCUT2D eigenvalue weighted by atomic mass is 16.5. The molecule has 1 aromatic heterocycles. The van der Waals surface area contributed by atoms with E-state index < -0.39 is 28.0 Å². The van der Waals surface area contributed by atoms with Crippen molar-refractivity contribution in [1.29, 1.82) is 0 Å². The molecule has 0 aliphatic carbocycles. The van der Waals surface area contributed by atoms with Crippen LogP contribution in [-0.4, -0.2) is 23.9 Å². The van der Waals surface area contributed by atoms with Crippen molar-refractivity contribution in [2.45, 2.75) is 84.3 Å². The molecule has 2 unspecified atom stereocenters. The first-order valence-corrected chi connectivity index (χ1v) is 16.3. The predicted molar refractivity (Wildman–Crippen MR) is 187 cm³/mol. The van der Waals surface area contributed by atoms with Gasteiger partial charge in [-0.3, -0.25) is 23.7 Å². The largest absolute Gasteiger partial charge is 0.491 e. The maximum absolute atomic E-state index is 13.6. The number of ether oxygens (including phenoxy) is 2. The monoisotopic (exact) mass is 625 g/mol. The molecule has 2 atom stereocenters. The van der Waals surface area contributed by atoms with Gasteiger partial charge in [-0.1, -0.05) is 81.8 Å². The zero-order valence-electron chi connectivity index (χ0n) is 26.9. The smallest absolute Gasteiger partial charge is 0.264 e. The Labute approximate surface area is 267 Å². The fraction of sp³-hybridized carbons (Fsp3) is 0.405. The molecule has 0 saturated carbocycles. The number of nitrogens with two attached hydrogens (primary N) is 2. The van der Waals surface area contributed by atoms with Crippen LogP contribution < -0.4 is 38.2 Å². The van der Waals surface area contributed by atoms with Crippen LogP contribution in [0, 0.1) is 0 Å². The van der Waals surface area contributed by atoms with E-state index in [-0.39, 0.29) is 63.0 Å². The minimum absolute atomic E-state index is 0.0388. The molecule has 4 N–H and O–H groups in total. The van der Waals surface area contributed by atoms with Crippen LogP contribution in [-0.2, 0) is 11.2 Å². The van der Waals surface area contributed by atoms with Crippen LogP contribution in [0.1, 0.15) is 77.3 Å². The van der Waals surface area contributed by atoms with E-state index in [2.05, 4.69) is 19.1 Å². The fourth-order valence-electron chi connectivity index (χ4n) is 6.30. The molecule has 0 aliphatic rings. The topological polar surface area (TPSA) is 144 Å². The van der Waals surface area contributed by atoms with E-state index in [9.17, 15) is 19.2 Å². The van der Waals surface area contributed by atoms with Crippen molar-refractivity contribution < 1.29 is 9.47 Å². The molecule has 0 spiro atoms. The Bertz CT molecular complexity index is 1970. The molecule has 0 aliphatic heterocycles. The highest BCUT2D eigenvalue weighted by Gasteiger charge is 2.27. The third-order valence-electron chi connectivity index (χ3n) is 8.83. The van der Waals surface area contributed by atoms with Crippen LogP contribution in [0.25, 0.3) is 32.3 Å². The summed E-state index contributed by atoms with van der Waals surface area (Å²) in [7, 11) is 0. The number of nitrogens with zero attached hydrogens (tertiary/aromatic N) is 1. The van der Waals surface area contributed by atoms with Gasteiger partial charge < -0.3 is 20.9 Å². The lowest BCUT2D eigenvalue weighted by Gasteiger charge is -2.18. The molecule has 0 fully saturated rings. The van der Waals surface area contributed by atoms with Crippen molar-refractivity contribution >= 4 is 43.7 Å². The summed E-state index contributed by atoms with van der Waals surface area (Å²) in [6, 6.07) is 13.8. The highest BCUT2D eigenvalue weighted by Crippen LogP contribution is 2.32. The summed E-state index contributed by atoms with van der Waals surface area (Å²) in [5.41, 5.74) is 11.2. The van der Waals surface area contributed by atoms with E-state index in [1.165, 1.54) is 56.2 Å². The third-order valence-corrected chi connectivity index (χ3v) is 8.83. The maximum Gasteiger partial charge on any atom is 0.264 e. The molecule has 0 saturated heterocycles. The SMILES string of the molecule is CCCCCCCCCc1cccc(OCC(C)OCC(C)n2c(=O)c3c(N)c4c(=O)c5ccccc5c(=O)c4c(N)c3c2=O)c1. The minimum atomic E-state index is -0.681. The Morgan fingerprint density at radius 2 is 1.26 bits per heavy atom. The van der Waals surface area contributed by atoms with E-state index in [4.69, 9.17) is 20.9 Å². The molecular formula is C37H43N3O6. The van der Waals surface area contributed by atoms with Gasteiger partial charge in [-0.15, -0.1) is 0 Å². The lowest BCUT2D eigenvalue weighted by atomic mass is 9.97. The quantitative estimate of drug-likeness (QED) is 0.0646. The number of hydrogen-bond donors (Lipinski definition) is 2. The Morgan fingerprint density at radius 3 is 1.85 bits per heavy atom. The van der Waals surface area contributed by atoms with E-state index in [0.717, 1.165) is 23.2 Å². The van der Waals surface area contributed by atoms with Gasteiger partial charge in [0, 0.05) is 10.8 Å². The number of benzene rings is 4. The van der Waals surface area contributed by atoms with E-state index in [1.807, 2.05) is 19.1 Å². The summed E-state index contributed by atoms with van der Waals surface area (Å²) < 4.78 is 13.0. The number of anilines is 2. The second-order valence-electron chi connectivity index (χ2n) is 12.3. The third kappa shape index (κ3) is 6.42. The van der Waals surface area contributed by atoms with E-state index in [0.29, 0.717) is 0 Å². The van der Waals surface area contributed by atoms with Gasteiger partial charge in [-0.25, -0.2) is 0 Å². The Hall–Kier alpha value is -4.50. The average molecular weight is 626 g/mol. The number of nitrogen functional groups attached to an aromatic ring is 2. The number of rotatable bonds is 15. The second kappa shape index (κ2) is 14.3. The molecular weight excluding hydrogens is 582 g/mol. The lowest BCUT2D eigenvalue weighted by molar-refractivity contribution is 0.0169. The zero-order valence-corrected chi connectivity index (χ0v) is 26.9. The molecule has 5 rings (SSSR count). The first kappa shape index (κ1) is 32.9. The van der Waals surface area contributed by atoms with Crippen LogP contribution in [0.5, 0.6) is 5.75 Å². The lowest BCUT2D eigenvalue weighted by Crippen LogP contribution is -2.32. The average Bonchev–Trinajstić information content (AvgIpc) is 3.32. The summed E-state index contributed by atoms with van der Waals surface area (Å²) >= 11 is 0. The number of aryl methyl sites for hydroxylation is 1. The van der Waals surface area contributed by atoms with Crippen molar-refractivity contribution in [2.75, 3.05) is 24.7 Å². The Balaban J connectivity index is 1.27. The van der Waals surface area contributed by atoms with Gasteiger partial charge in [0.1, 0.15) is 12.4 Å². The van der Waals surface area contributed by atoms with Gasteiger partial charge in [0.25, 0.3) is 11.1 Å². The molecule has 9 heteroatoms. The van der Waals surface area contributed by atoms with Crippen molar-refractivity contribution in [3.63, 3.8) is 0 Å². The molecule has 242 valence electrons. The first-order valence-electron chi connectivity index (χ1n) is 16.3. The highest BCUT2D eigenvalue weighted by molar-refractivity contribution is 6.20. The van der Waals surface area contributed by atoms with Gasteiger partial charge >= 0.3 is 0 Å². The molecule has 9 nitrogen and oxygen atoms in total. The zero-order chi connectivity index (χ0) is 33.0. The van der Waals surface area contributed by atoms with Gasteiger partial charge in [-0.2, -0.15) is 0 Å². The van der Waals surface area contributed by atoms with E-state index >= 15 is 0 Å². The standard InChI is InChI=1S/C37H43N3O6/c1-4-5-6-7-8-9-10-14-24-15-13-16-25(19-24)46-21-23(3)45-20-22(2)40-36(43)30-31(37(40)44)33(39)29-28(32(30)38)34(41)26-17-11-12-18-27(26)35(29)42/h11-13,15-19,22-23H,4-10,14,20-21,38-39H2,1-3H3. The molecule has 4 aromatic carbocycles. The predicted octanol–water partition coefficient (Wildman–Crippen LogP) is 5.77. The summed E-state index contributed by atoms with van der Waals surface area (Å²) in [4.78, 5) is 53.9. The van der Waals surface area contributed by atoms with Crippen molar-refractivity contribution in [2.24, 2.45) is 0 Å². The van der Waals surface area contributed by atoms with Crippen LogP contribution in [0.2, 0.25) is 0 Å². The summed E-state index contributed by atoms with van der Waals surface area (Å²) in [5.74, 6) is 0.769. The van der Waals surface area contributed by atoms with Crippen molar-refractivity contribution in [1.82, 2.24) is 4.57 Å². The molecule has 46 heavy (non-hydrogen) atoms. The first-order chi connectivity index (χ1) is 22.1. The van der Waals surface area contributed by atoms with Crippen molar-refractivity contribution in [3.8, 4) is 5.75 Å². The molecule has 0 radical (unpaired) electrons. The van der Waals surface area contributed by atoms with Crippen LogP contribution in [0.15, 0.2) is 67.7 Å². The van der Waals surface area contributed by atoms with Gasteiger partial charge in [-0.05, 0) is 44.4 Å². The van der Waals surface area contributed by atoms with E-state index in [1.54, 1.807) is 19.1 Å². The van der Waals surface area contributed by atoms with Crippen molar-refractivity contribution in [3.05, 3.63) is 95.2 Å². The summed E-state index contributed by atoms with van der Waals surface area (Å²) in [6.07, 6.45) is 9.56. The maximum atomic E-state index is 13.6. The van der Waals surface area contributed by atoms with Crippen LogP contribution in [0.3, 0.4) is 0 Å². The number of aromatic nitrogens is 1. The molecule has 1 heterocycles. The Morgan fingerprint density at radius 1 is 0.696 bits per heavy atom. The van der Waals surface area contributed by atoms with Gasteiger partial charge in [0.05, 0.1) is 51.7 Å². The molecule has 0 bridgehead atoms. The number of unbranched alkanes of at least 4 members (excludes halogenated alkanes) is 6. The fourth-order valence-corrected chi connectivity index (χ4v) is 6.30. The summed E-state index contributed by atoms with van der Waals surface area (Å²) in [6.45, 7) is 6.09. The minimum Gasteiger partial charge on any atom is -0.491 e. The molecule has 0 amide bonds. The Kier molecular flexibility index (Phi) is 10.2. The summed E-state index contributed by atoms with van der Waals surface area (Å²) in [5, 5.41) is -0.217. The van der Waals surface area contributed by atoms with Gasteiger partial charge in [0.2, 0.25) is 0 Å². The number of hydrogen-bond acceptors (Lipinski definition) is 8. The van der Waals surface area contributed by atoms with Gasteiger partial charge in [0.15, 0.2) is 10.9 Å².